The molecule has 2 unspecified atom stereocenters. The van der Waals surface area contributed by atoms with Gasteiger partial charge in [0.1, 0.15) is 5.82 Å². The SMILES string of the molecule is CS(=O)(=O)c1ccc(N2C3CCC2CC(NC(=O)C2CC2)C3)nc1. The van der Waals surface area contributed by atoms with E-state index in [0.717, 1.165) is 44.3 Å². The van der Waals surface area contributed by atoms with Gasteiger partial charge in [0, 0.05) is 36.5 Å². The summed E-state index contributed by atoms with van der Waals surface area (Å²) in [6.45, 7) is 0. The third-order valence-corrected chi connectivity index (χ3v) is 6.54. The Morgan fingerprint density at radius 3 is 2.33 bits per heavy atom. The number of hydrogen-bond acceptors (Lipinski definition) is 5. The Balaban J connectivity index is 1.47. The Hall–Kier alpha value is -1.63. The number of carbonyl (C=O) groups excluding carboxylic acids is 1. The number of nitrogens with one attached hydrogen (secondary N) is 1. The van der Waals surface area contributed by atoms with Gasteiger partial charge >= 0.3 is 0 Å². The summed E-state index contributed by atoms with van der Waals surface area (Å²) in [5.41, 5.74) is 0. The predicted octanol–water partition coefficient (Wildman–Crippen LogP) is 1.51. The molecule has 0 aromatic carbocycles. The lowest BCUT2D eigenvalue weighted by atomic mass is 9.97. The van der Waals surface area contributed by atoms with Crippen molar-refractivity contribution in [3.63, 3.8) is 0 Å². The largest absolute Gasteiger partial charge is 0.353 e. The predicted molar refractivity (Wildman–Crippen MR) is 90.5 cm³/mol. The zero-order valence-electron chi connectivity index (χ0n) is 13.8. The van der Waals surface area contributed by atoms with Gasteiger partial charge < -0.3 is 10.2 Å². The van der Waals surface area contributed by atoms with Gasteiger partial charge in [-0.1, -0.05) is 0 Å². The van der Waals surface area contributed by atoms with E-state index >= 15 is 0 Å². The van der Waals surface area contributed by atoms with Crippen molar-refractivity contribution in [2.45, 2.75) is 61.5 Å². The third kappa shape index (κ3) is 3.01. The third-order valence-electron chi connectivity index (χ3n) is 5.44. The second kappa shape index (κ2) is 5.72. The molecule has 4 rings (SSSR count). The molecule has 7 heteroatoms. The second-order valence-corrected chi connectivity index (χ2v) is 9.38. The molecular formula is C17H23N3O3S. The van der Waals surface area contributed by atoms with Crippen LogP contribution in [0.2, 0.25) is 0 Å². The average molecular weight is 349 g/mol. The molecule has 1 amide bonds. The van der Waals surface area contributed by atoms with Gasteiger partial charge in [-0.2, -0.15) is 0 Å². The number of amides is 1. The van der Waals surface area contributed by atoms with E-state index in [1.807, 2.05) is 6.07 Å². The highest BCUT2D eigenvalue weighted by molar-refractivity contribution is 7.90. The molecule has 1 N–H and O–H groups in total. The fourth-order valence-corrected chi connectivity index (χ4v) is 4.64. The van der Waals surface area contributed by atoms with Crippen molar-refractivity contribution < 1.29 is 13.2 Å². The Morgan fingerprint density at radius 2 is 1.83 bits per heavy atom. The summed E-state index contributed by atoms with van der Waals surface area (Å²) in [7, 11) is -3.21. The first-order valence-electron chi connectivity index (χ1n) is 8.66. The first-order chi connectivity index (χ1) is 11.4. The van der Waals surface area contributed by atoms with Crippen LogP contribution in [0.15, 0.2) is 23.2 Å². The monoisotopic (exact) mass is 349 g/mol. The lowest BCUT2D eigenvalue weighted by Crippen LogP contribution is -2.51. The summed E-state index contributed by atoms with van der Waals surface area (Å²) in [6.07, 6.45) is 8.83. The van der Waals surface area contributed by atoms with E-state index in [1.165, 1.54) is 12.5 Å². The molecule has 2 bridgehead atoms. The second-order valence-electron chi connectivity index (χ2n) is 7.37. The van der Waals surface area contributed by atoms with Crippen LogP contribution in [0.1, 0.15) is 38.5 Å². The number of fused-ring (bicyclic) bond motifs is 2. The van der Waals surface area contributed by atoms with E-state index in [0.29, 0.717) is 12.1 Å². The van der Waals surface area contributed by atoms with Gasteiger partial charge in [-0.3, -0.25) is 4.79 Å². The lowest BCUT2D eigenvalue weighted by Gasteiger charge is -2.40. The zero-order valence-corrected chi connectivity index (χ0v) is 14.6. The molecule has 0 radical (unpaired) electrons. The van der Waals surface area contributed by atoms with Gasteiger partial charge in [0.25, 0.3) is 0 Å². The Labute approximate surface area is 142 Å². The molecule has 6 nitrogen and oxygen atoms in total. The minimum absolute atomic E-state index is 0.225. The van der Waals surface area contributed by atoms with Gasteiger partial charge in [-0.15, -0.1) is 0 Å². The number of piperidine rings is 1. The Morgan fingerprint density at radius 1 is 1.17 bits per heavy atom. The Bertz CT molecular complexity index is 729. The summed E-state index contributed by atoms with van der Waals surface area (Å²) in [5.74, 6) is 1.33. The average Bonchev–Trinajstić information content (AvgIpc) is 3.33. The van der Waals surface area contributed by atoms with E-state index in [4.69, 9.17) is 0 Å². The Kier molecular flexibility index (Phi) is 3.78. The molecule has 1 aromatic heterocycles. The molecule has 1 saturated carbocycles. The van der Waals surface area contributed by atoms with Crippen molar-refractivity contribution >= 4 is 21.6 Å². The summed E-state index contributed by atoms with van der Waals surface area (Å²) in [4.78, 5) is 19.0. The van der Waals surface area contributed by atoms with Gasteiger partial charge in [0.15, 0.2) is 9.84 Å². The number of aromatic nitrogens is 1. The van der Waals surface area contributed by atoms with Gasteiger partial charge in [-0.25, -0.2) is 13.4 Å². The fourth-order valence-electron chi connectivity index (χ4n) is 4.08. The van der Waals surface area contributed by atoms with Gasteiger partial charge in [0.2, 0.25) is 5.91 Å². The van der Waals surface area contributed by atoms with Crippen LogP contribution in [0.4, 0.5) is 5.82 Å². The number of carbonyl (C=O) groups is 1. The minimum Gasteiger partial charge on any atom is -0.353 e. The van der Waals surface area contributed by atoms with Crippen LogP contribution in [-0.2, 0) is 14.6 Å². The van der Waals surface area contributed by atoms with E-state index < -0.39 is 9.84 Å². The molecule has 0 spiro atoms. The molecule has 1 aliphatic carbocycles. The molecule has 1 aromatic rings. The molecule has 2 saturated heterocycles. The lowest BCUT2D eigenvalue weighted by molar-refractivity contribution is -0.123. The van der Waals surface area contributed by atoms with E-state index in [2.05, 4.69) is 15.2 Å². The topological polar surface area (TPSA) is 79.4 Å². The molecule has 3 fully saturated rings. The van der Waals surface area contributed by atoms with Gasteiger partial charge in [-0.05, 0) is 50.7 Å². The van der Waals surface area contributed by atoms with E-state index in [9.17, 15) is 13.2 Å². The van der Waals surface area contributed by atoms with Crippen LogP contribution in [-0.4, -0.2) is 43.7 Å². The zero-order chi connectivity index (χ0) is 16.9. The maximum atomic E-state index is 12.0. The molecule has 24 heavy (non-hydrogen) atoms. The number of sulfone groups is 1. The number of anilines is 1. The summed E-state index contributed by atoms with van der Waals surface area (Å²) < 4.78 is 23.1. The first kappa shape index (κ1) is 15.9. The van der Waals surface area contributed by atoms with Crippen molar-refractivity contribution in [1.29, 1.82) is 0 Å². The standard InChI is InChI=1S/C17H23N3O3S/c1-24(22,23)15-6-7-16(18-10-15)20-13-4-5-14(20)9-12(8-13)19-17(21)11-2-3-11/h6-7,10-14H,2-5,8-9H2,1H3,(H,19,21). The minimum atomic E-state index is -3.21. The maximum Gasteiger partial charge on any atom is 0.223 e. The highest BCUT2D eigenvalue weighted by atomic mass is 32.2. The number of rotatable bonds is 4. The number of hydrogen-bond donors (Lipinski definition) is 1. The van der Waals surface area contributed by atoms with Gasteiger partial charge in [0.05, 0.1) is 4.90 Å². The van der Waals surface area contributed by atoms with Crippen molar-refractivity contribution in [2.75, 3.05) is 11.2 Å². The molecule has 3 heterocycles. The quantitative estimate of drug-likeness (QED) is 0.891. The molecule has 2 aliphatic heterocycles. The van der Waals surface area contributed by atoms with Crippen LogP contribution in [0.25, 0.3) is 0 Å². The van der Waals surface area contributed by atoms with Crippen LogP contribution in [0.3, 0.4) is 0 Å². The van der Waals surface area contributed by atoms with Crippen LogP contribution in [0.5, 0.6) is 0 Å². The van der Waals surface area contributed by atoms with Crippen molar-refractivity contribution in [2.24, 2.45) is 5.92 Å². The summed E-state index contributed by atoms with van der Waals surface area (Å²) in [5, 5.41) is 3.22. The van der Waals surface area contributed by atoms with E-state index in [-0.39, 0.29) is 22.8 Å². The van der Waals surface area contributed by atoms with Crippen molar-refractivity contribution in [3.8, 4) is 0 Å². The summed E-state index contributed by atoms with van der Waals surface area (Å²) in [6, 6.07) is 4.47. The smallest absolute Gasteiger partial charge is 0.223 e. The van der Waals surface area contributed by atoms with Crippen molar-refractivity contribution in [1.82, 2.24) is 10.3 Å². The van der Waals surface area contributed by atoms with Crippen LogP contribution >= 0.6 is 0 Å². The fraction of sp³-hybridized carbons (Fsp3) is 0.647. The molecule has 2 atom stereocenters. The molecular weight excluding hydrogens is 326 g/mol. The molecule has 130 valence electrons. The van der Waals surface area contributed by atoms with E-state index in [1.54, 1.807) is 6.07 Å². The highest BCUT2D eigenvalue weighted by Gasteiger charge is 2.42. The highest BCUT2D eigenvalue weighted by Crippen LogP contribution is 2.39. The van der Waals surface area contributed by atoms with Crippen molar-refractivity contribution in [3.05, 3.63) is 18.3 Å². The maximum absolute atomic E-state index is 12.0. The number of pyridine rings is 1. The summed E-state index contributed by atoms with van der Waals surface area (Å²) >= 11 is 0. The first-order valence-corrected chi connectivity index (χ1v) is 10.6. The van der Waals surface area contributed by atoms with Crippen LogP contribution in [0, 0.1) is 5.92 Å². The normalized spacial score (nSPS) is 29.5. The number of nitrogens with zero attached hydrogens (tertiary/aromatic N) is 2. The molecule has 3 aliphatic rings. The van der Waals surface area contributed by atoms with Crippen LogP contribution < -0.4 is 10.2 Å².